The van der Waals surface area contributed by atoms with Crippen molar-refractivity contribution in [2.75, 3.05) is 13.2 Å². The number of aliphatic hydroxyl groups is 1. The van der Waals surface area contributed by atoms with Crippen molar-refractivity contribution >= 4 is 23.7 Å². The summed E-state index contributed by atoms with van der Waals surface area (Å²) in [5.41, 5.74) is 2.39. The van der Waals surface area contributed by atoms with Gasteiger partial charge in [0.25, 0.3) is 0 Å². The highest BCUT2D eigenvalue weighted by Crippen LogP contribution is 2.50. The minimum Gasteiger partial charge on any atom is -0.392 e. The van der Waals surface area contributed by atoms with Gasteiger partial charge in [0.05, 0.1) is 25.1 Å². The molecular weight excluding hydrogens is 347 g/mol. The molecule has 0 heterocycles. The smallest absolute Gasteiger partial charge is 0.361 e. The molecule has 3 aromatic rings. The summed E-state index contributed by atoms with van der Waals surface area (Å²) in [4.78, 5) is 0. The van der Waals surface area contributed by atoms with Crippen LogP contribution in [-0.2, 0) is 20.2 Å². The summed E-state index contributed by atoms with van der Waals surface area (Å²) in [6.45, 7) is 4.06. The minimum absolute atomic E-state index is 0.105. The van der Waals surface area contributed by atoms with Gasteiger partial charge < -0.3 is 14.2 Å². The first-order chi connectivity index (χ1) is 12.6. The lowest BCUT2D eigenvalue weighted by molar-refractivity contribution is 0.230. The second kappa shape index (κ2) is 8.15. The first kappa shape index (κ1) is 18.8. The maximum atomic E-state index is 13.5. The molecule has 26 heavy (non-hydrogen) atoms. The van der Waals surface area contributed by atoms with Crippen molar-refractivity contribution in [2.45, 2.75) is 20.5 Å². The third kappa shape index (κ3) is 3.46. The van der Waals surface area contributed by atoms with Gasteiger partial charge in [-0.3, -0.25) is 4.57 Å². The van der Waals surface area contributed by atoms with Gasteiger partial charge in [0, 0.05) is 5.56 Å². The molecule has 0 amide bonds. The molecule has 3 rings (SSSR count). The summed E-state index contributed by atoms with van der Waals surface area (Å²) in [6, 6.07) is 19.3. The topological polar surface area (TPSA) is 55.8 Å². The van der Waals surface area contributed by atoms with Gasteiger partial charge in [-0.1, -0.05) is 54.6 Å². The van der Waals surface area contributed by atoms with Crippen LogP contribution in [-0.4, -0.2) is 18.3 Å². The van der Waals surface area contributed by atoms with Crippen LogP contribution in [0.1, 0.15) is 19.4 Å². The predicted octanol–water partition coefficient (Wildman–Crippen LogP) is 4.89. The summed E-state index contributed by atoms with van der Waals surface area (Å²) in [7, 11) is -3.49. The first-order valence-electron chi connectivity index (χ1n) is 8.75. The number of rotatable bonds is 7. The van der Waals surface area contributed by atoms with Crippen molar-refractivity contribution in [3.05, 3.63) is 66.2 Å². The molecule has 0 saturated heterocycles. The monoisotopic (exact) mass is 370 g/mol. The molecule has 1 N–H and O–H groups in total. The van der Waals surface area contributed by atoms with E-state index in [0.717, 1.165) is 27.5 Å². The number of benzene rings is 3. The van der Waals surface area contributed by atoms with Gasteiger partial charge in [-0.25, -0.2) is 0 Å². The molecule has 4 nitrogen and oxygen atoms in total. The van der Waals surface area contributed by atoms with E-state index in [0.29, 0.717) is 5.30 Å². The summed E-state index contributed by atoms with van der Waals surface area (Å²) in [5.74, 6) is 0. The molecule has 0 aliphatic carbocycles. The van der Waals surface area contributed by atoms with Crippen LogP contribution in [0.25, 0.3) is 21.9 Å². The Balaban J connectivity index is 2.39. The zero-order chi connectivity index (χ0) is 18.6. The largest absolute Gasteiger partial charge is 0.392 e. The van der Waals surface area contributed by atoms with Crippen LogP contribution in [0.2, 0.25) is 0 Å². The van der Waals surface area contributed by atoms with Crippen molar-refractivity contribution in [1.82, 2.24) is 0 Å². The van der Waals surface area contributed by atoms with Gasteiger partial charge in [0.1, 0.15) is 0 Å². The molecule has 0 fully saturated rings. The second-order valence-corrected chi connectivity index (χ2v) is 7.82. The normalized spacial score (nSPS) is 11.8. The lowest BCUT2D eigenvalue weighted by Crippen LogP contribution is -2.14. The minimum atomic E-state index is -3.49. The van der Waals surface area contributed by atoms with Gasteiger partial charge in [0.2, 0.25) is 0 Å². The van der Waals surface area contributed by atoms with Crippen LogP contribution in [0.15, 0.2) is 60.7 Å². The number of fused-ring (bicyclic) bond motifs is 1. The van der Waals surface area contributed by atoms with Gasteiger partial charge in [-0.05, 0) is 41.8 Å². The lowest BCUT2D eigenvalue weighted by atomic mass is 9.95. The highest BCUT2D eigenvalue weighted by molar-refractivity contribution is 7.62. The third-order valence-electron chi connectivity index (χ3n) is 4.26. The highest BCUT2D eigenvalue weighted by atomic mass is 31.2. The van der Waals surface area contributed by atoms with E-state index in [-0.39, 0.29) is 19.8 Å². The fourth-order valence-corrected chi connectivity index (χ4v) is 4.99. The van der Waals surface area contributed by atoms with Gasteiger partial charge in [-0.2, -0.15) is 0 Å². The molecule has 5 heteroatoms. The second-order valence-electron chi connectivity index (χ2n) is 5.83. The zero-order valence-electron chi connectivity index (χ0n) is 15.0. The van der Waals surface area contributed by atoms with E-state index in [1.54, 1.807) is 13.8 Å². The van der Waals surface area contributed by atoms with Crippen molar-refractivity contribution in [2.24, 2.45) is 0 Å². The molecule has 0 atom stereocenters. The molecule has 3 aromatic carbocycles. The Morgan fingerprint density at radius 1 is 0.885 bits per heavy atom. The van der Waals surface area contributed by atoms with Crippen LogP contribution in [0.5, 0.6) is 0 Å². The van der Waals surface area contributed by atoms with E-state index in [1.165, 1.54) is 0 Å². The average Bonchev–Trinajstić information content (AvgIpc) is 2.67. The molecule has 0 saturated carbocycles. The molecule has 0 bridgehead atoms. The van der Waals surface area contributed by atoms with E-state index >= 15 is 0 Å². The van der Waals surface area contributed by atoms with Crippen LogP contribution in [0.4, 0.5) is 0 Å². The summed E-state index contributed by atoms with van der Waals surface area (Å²) >= 11 is 0. The Bertz CT molecular complexity index is 942. The zero-order valence-corrected chi connectivity index (χ0v) is 15.9. The van der Waals surface area contributed by atoms with Crippen molar-refractivity contribution in [3.63, 3.8) is 0 Å². The van der Waals surface area contributed by atoms with E-state index in [2.05, 4.69) is 0 Å². The van der Waals surface area contributed by atoms with Crippen LogP contribution in [0.3, 0.4) is 0 Å². The van der Waals surface area contributed by atoms with Crippen LogP contribution < -0.4 is 5.30 Å². The molecule has 0 radical (unpaired) electrons. The molecule has 0 aliphatic rings. The summed E-state index contributed by atoms with van der Waals surface area (Å²) < 4.78 is 24.8. The van der Waals surface area contributed by atoms with Gasteiger partial charge >= 0.3 is 7.60 Å². The standard InChI is InChI=1S/C21H23O4P/c1-3-24-26(23,25-4-2)20-14-13-16-9-5-7-11-18(16)21(20)19-12-8-6-10-17(19)15-22/h5-14,22H,3-4,15H2,1-2H3. The number of aliphatic hydroxyl groups excluding tert-OH is 1. The third-order valence-corrected chi connectivity index (χ3v) is 6.42. The Morgan fingerprint density at radius 2 is 1.54 bits per heavy atom. The molecule has 0 aliphatic heterocycles. The molecule has 136 valence electrons. The number of hydrogen-bond donors (Lipinski definition) is 1. The van der Waals surface area contributed by atoms with Gasteiger partial charge in [-0.15, -0.1) is 0 Å². The molecule has 0 unspecified atom stereocenters. The van der Waals surface area contributed by atoms with Crippen LogP contribution >= 0.6 is 7.60 Å². The molecular formula is C21H23O4P. The van der Waals surface area contributed by atoms with E-state index in [9.17, 15) is 9.67 Å². The average molecular weight is 370 g/mol. The van der Waals surface area contributed by atoms with E-state index in [4.69, 9.17) is 9.05 Å². The highest BCUT2D eigenvalue weighted by Gasteiger charge is 2.31. The predicted molar refractivity (Wildman–Crippen MR) is 106 cm³/mol. The SMILES string of the molecule is CCOP(=O)(OCC)c1ccc2ccccc2c1-c1ccccc1CO. The Hall–Kier alpha value is -1.97. The quantitative estimate of drug-likeness (QED) is 0.602. The van der Waals surface area contributed by atoms with Crippen molar-refractivity contribution in [3.8, 4) is 11.1 Å². The Morgan fingerprint density at radius 3 is 2.23 bits per heavy atom. The Kier molecular flexibility index (Phi) is 5.90. The van der Waals surface area contributed by atoms with E-state index in [1.807, 2.05) is 60.7 Å². The van der Waals surface area contributed by atoms with E-state index < -0.39 is 7.60 Å². The van der Waals surface area contributed by atoms with Crippen molar-refractivity contribution < 1.29 is 18.7 Å². The van der Waals surface area contributed by atoms with Gasteiger partial charge in [0.15, 0.2) is 0 Å². The lowest BCUT2D eigenvalue weighted by Gasteiger charge is -2.22. The van der Waals surface area contributed by atoms with Crippen molar-refractivity contribution in [1.29, 1.82) is 0 Å². The maximum absolute atomic E-state index is 13.5. The fraction of sp³-hybridized carbons (Fsp3) is 0.238. The van der Waals surface area contributed by atoms with Crippen LogP contribution in [0, 0.1) is 0 Å². The number of hydrogen-bond acceptors (Lipinski definition) is 4. The maximum Gasteiger partial charge on any atom is 0.361 e. The fourth-order valence-electron chi connectivity index (χ4n) is 3.19. The summed E-state index contributed by atoms with van der Waals surface area (Å²) in [5, 5.41) is 12.3. The summed E-state index contributed by atoms with van der Waals surface area (Å²) in [6.07, 6.45) is 0. The first-order valence-corrected chi connectivity index (χ1v) is 10.3. The molecule has 0 aromatic heterocycles. The Labute approximate surface area is 153 Å². The molecule has 0 spiro atoms.